The molecule has 6 nitrogen and oxygen atoms in total. The van der Waals surface area contributed by atoms with Gasteiger partial charge in [0.15, 0.2) is 11.6 Å². The molecule has 0 aliphatic carbocycles. The zero-order valence-electron chi connectivity index (χ0n) is 19.2. The van der Waals surface area contributed by atoms with E-state index in [2.05, 4.69) is 22.6 Å². The van der Waals surface area contributed by atoms with Crippen LogP contribution in [0.2, 0.25) is 0 Å². The number of carbonyl (C=O) groups is 2. The molecule has 0 bridgehead atoms. The smallest absolute Gasteiger partial charge is 0.335 e. The minimum atomic E-state index is -0.782. The summed E-state index contributed by atoms with van der Waals surface area (Å²) in [5.74, 6) is -3.61. The van der Waals surface area contributed by atoms with Crippen molar-refractivity contribution in [2.75, 3.05) is 0 Å². The Kier molecular flexibility index (Phi) is 9.04. The van der Waals surface area contributed by atoms with E-state index in [1.165, 1.54) is 36.4 Å². The summed E-state index contributed by atoms with van der Waals surface area (Å²) in [6, 6.07) is 11.7. The van der Waals surface area contributed by atoms with Gasteiger partial charge in [-0.3, -0.25) is 0 Å². The first-order valence-corrected chi connectivity index (χ1v) is 10.5. The third kappa shape index (κ3) is 7.22. The fourth-order valence-corrected chi connectivity index (χ4v) is 2.98. The molecule has 0 aliphatic heterocycles. The third-order valence-corrected chi connectivity index (χ3v) is 4.68. The Morgan fingerprint density at radius 1 is 0.622 bits per heavy atom. The van der Waals surface area contributed by atoms with Crippen LogP contribution in [0.15, 0.2) is 105 Å². The zero-order chi connectivity index (χ0) is 26.8. The Balaban J connectivity index is 1.72. The lowest BCUT2D eigenvalue weighted by atomic mass is 9.99. The lowest BCUT2D eigenvalue weighted by molar-refractivity contribution is -0.133. The summed E-state index contributed by atoms with van der Waals surface area (Å²) in [7, 11) is 0. The maximum atomic E-state index is 14.9. The molecule has 0 fully saturated rings. The van der Waals surface area contributed by atoms with Crippen molar-refractivity contribution in [3.63, 3.8) is 0 Å². The van der Waals surface area contributed by atoms with Crippen LogP contribution in [-0.2, 0) is 19.1 Å². The minimum Gasteiger partial charge on any atom is -0.462 e. The van der Waals surface area contributed by atoms with Gasteiger partial charge in [-0.05, 0) is 41.5 Å². The van der Waals surface area contributed by atoms with E-state index in [0.717, 1.165) is 55.4 Å². The molecule has 0 spiro atoms. The number of ether oxygens (including phenoxy) is 4. The lowest BCUT2D eigenvalue weighted by Gasteiger charge is -2.10. The molecule has 0 unspecified atom stereocenters. The van der Waals surface area contributed by atoms with E-state index >= 15 is 0 Å². The molecule has 3 aromatic carbocycles. The summed E-state index contributed by atoms with van der Waals surface area (Å²) >= 11 is 0. The average molecular weight is 508 g/mol. The van der Waals surface area contributed by atoms with Gasteiger partial charge in [-0.2, -0.15) is 0 Å². The second kappa shape index (κ2) is 12.6. The molecule has 0 atom stereocenters. The molecule has 188 valence electrons. The highest BCUT2D eigenvalue weighted by Gasteiger charge is 2.13. The Morgan fingerprint density at radius 3 is 1.68 bits per heavy atom. The quantitative estimate of drug-likeness (QED) is 0.175. The van der Waals surface area contributed by atoms with Crippen molar-refractivity contribution in [1.29, 1.82) is 0 Å². The second-order valence-corrected chi connectivity index (χ2v) is 7.04. The van der Waals surface area contributed by atoms with Crippen LogP contribution in [0.4, 0.5) is 13.2 Å². The third-order valence-electron chi connectivity index (χ3n) is 4.68. The molecule has 0 amide bonds. The van der Waals surface area contributed by atoms with Crippen LogP contribution in [0.3, 0.4) is 0 Å². The van der Waals surface area contributed by atoms with Gasteiger partial charge < -0.3 is 18.9 Å². The van der Waals surface area contributed by atoms with Gasteiger partial charge in [0.1, 0.15) is 42.4 Å². The molecule has 0 radical (unpaired) electrons. The van der Waals surface area contributed by atoms with Gasteiger partial charge in [-0.25, -0.2) is 22.8 Å². The van der Waals surface area contributed by atoms with Gasteiger partial charge in [0.2, 0.25) is 0 Å². The monoisotopic (exact) mass is 508 g/mol. The van der Waals surface area contributed by atoms with Crippen molar-refractivity contribution < 1.29 is 41.7 Å². The second-order valence-electron chi connectivity index (χ2n) is 7.04. The highest BCUT2D eigenvalue weighted by Crippen LogP contribution is 2.32. The predicted molar refractivity (Wildman–Crippen MR) is 129 cm³/mol. The number of benzene rings is 3. The number of hydrogen-bond acceptors (Lipinski definition) is 6. The van der Waals surface area contributed by atoms with Gasteiger partial charge in [0.25, 0.3) is 0 Å². The van der Waals surface area contributed by atoms with E-state index in [-0.39, 0.29) is 33.8 Å². The summed E-state index contributed by atoms with van der Waals surface area (Å²) in [5, 5.41) is 0. The van der Waals surface area contributed by atoms with Gasteiger partial charge in [0.05, 0.1) is 0 Å². The van der Waals surface area contributed by atoms with Crippen molar-refractivity contribution >= 4 is 11.9 Å². The number of hydrogen-bond donors (Lipinski definition) is 0. The number of halogens is 3. The van der Waals surface area contributed by atoms with E-state index in [1.807, 2.05) is 0 Å². The minimum absolute atomic E-state index is 0.0872. The van der Waals surface area contributed by atoms with Gasteiger partial charge in [-0.15, -0.1) is 0 Å². The summed E-state index contributed by atoms with van der Waals surface area (Å²) in [5.41, 5.74) is 0.674. The Bertz CT molecular complexity index is 1390. The van der Waals surface area contributed by atoms with Crippen molar-refractivity contribution in [3.05, 3.63) is 122 Å². The average Bonchev–Trinajstić information content (AvgIpc) is 2.89. The molecule has 37 heavy (non-hydrogen) atoms. The van der Waals surface area contributed by atoms with Crippen LogP contribution in [0.25, 0.3) is 22.3 Å². The van der Waals surface area contributed by atoms with Crippen LogP contribution in [-0.4, -0.2) is 11.9 Å². The van der Waals surface area contributed by atoms with E-state index in [4.69, 9.17) is 9.47 Å². The molecular weight excluding hydrogens is 489 g/mol. The SMILES string of the molecule is C=CC(=O)O/C=C\Oc1ccc(-c2ccc(-c3ccc(O/C=C\OC(=O)C=C)c(F)c3)c(F)c2)c(F)c1. The first-order chi connectivity index (χ1) is 17.8. The molecule has 3 rings (SSSR count). The Labute approximate surface area is 210 Å². The van der Waals surface area contributed by atoms with Crippen LogP contribution in [0.1, 0.15) is 0 Å². The molecule has 0 aromatic heterocycles. The highest BCUT2D eigenvalue weighted by atomic mass is 19.1. The fourth-order valence-electron chi connectivity index (χ4n) is 2.98. The maximum absolute atomic E-state index is 14.9. The van der Waals surface area contributed by atoms with E-state index in [0.29, 0.717) is 0 Å². The largest absolute Gasteiger partial charge is 0.462 e. The van der Waals surface area contributed by atoms with Gasteiger partial charge in [0, 0.05) is 29.3 Å². The fraction of sp³-hybridized carbons (Fsp3) is 0. The van der Waals surface area contributed by atoms with E-state index in [9.17, 15) is 22.8 Å². The maximum Gasteiger partial charge on any atom is 0.335 e. The molecule has 0 heterocycles. The summed E-state index contributed by atoms with van der Waals surface area (Å²) < 4.78 is 63.3. The number of esters is 2. The predicted octanol–water partition coefficient (Wildman–Crippen LogP) is 6.60. The van der Waals surface area contributed by atoms with Crippen molar-refractivity contribution in [2.45, 2.75) is 0 Å². The topological polar surface area (TPSA) is 71.1 Å². The molecule has 0 saturated carbocycles. The highest BCUT2D eigenvalue weighted by molar-refractivity contribution is 5.82. The Hall–Kier alpha value is -5.05. The van der Waals surface area contributed by atoms with Gasteiger partial charge >= 0.3 is 11.9 Å². The molecule has 0 saturated heterocycles. The normalized spacial score (nSPS) is 10.8. The molecule has 0 N–H and O–H groups in total. The number of carbonyl (C=O) groups excluding carboxylic acids is 2. The zero-order valence-corrected chi connectivity index (χ0v) is 19.2. The molecular formula is C28H19F3O6. The van der Waals surface area contributed by atoms with Crippen molar-refractivity contribution in [3.8, 4) is 33.8 Å². The molecule has 0 aliphatic rings. The summed E-state index contributed by atoms with van der Waals surface area (Å²) in [6.07, 6.45) is 5.83. The van der Waals surface area contributed by atoms with Crippen LogP contribution < -0.4 is 9.47 Å². The van der Waals surface area contributed by atoms with Crippen molar-refractivity contribution in [1.82, 2.24) is 0 Å². The van der Waals surface area contributed by atoms with Crippen LogP contribution in [0, 0.1) is 17.5 Å². The van der Waals surface area contributed by atoms with E-state index < -0.39 is 29.4 Å². The van der Waals surface area contributed by atoms with Crippen LogP contribution in [0.5, 0.6) is 11.5 Å². The summed E-state index contributed by atoms with van der Waals surface area (Å²) in [6.45, 7) is 6.46. The first-order valence-electron chi connectivity index (χ1n) is 10.5. The van der Waals surface area contributed by atoms with Gasteiger partial charge in [-0.1, -0.05) is 31.4 Å². The van der Waals surface area contributed by atoms with Crippen molar-refractivity contribution in [2.24, 2.45) is 0 Å². The standard InChI is InChI=1S/C28H19F3O6/c1-3-27(32)36-13-11-34-20-7-9-22(24(30)17-20)18-5-8-21(23(29)15-18)19-6-10-26(25(31)16-19)35-12-14-37-28(33)4-2/h3-17H,1-2H2/b13-11-,14-12-. The first kappa shape index (κ1) is 26.6. The van der Waals surface area contributed by atoms with Crippen LogP contribution >= 0.6 is 0 Å². The lowest BCUT2D eigenvalue weighted by Crippen LogP contribution is -1.94. The number of rotatable bonds is 10. The molecule has 3 aromatic rings. The molecule has 9 heteroatoms. The van der Waals surface area contributed by atoms with E-state index in [1.54, 1.807) is 0 Å². The summed E-state index contributed by atoms with van der Waals surface area (Å²) in [4.78, 5) is 21.9. The Morgan fingerprint density at radius 2 is 1.14 bits per heavy atom.